The average Bonchev–Trinajstić information content (AvgIpc) is 2.51. The van der Waals surface area contributed by atoms with E-state index in [-0.39, 0.29) is 6.61 Å². The number of amides is 2. The topological polar surface area (TPSA) is 103 Å². The van der Waals surface area contributed by atoms with Crippen LogP contribution in [0.3, 0.4) is 0 Å². The molecule has 2 amide bonds. The summed E-state index contributed by atoms with van der Waals surface area (Å²) in [6.45, 7) is 10.1. The van der Waals surface area contributed by atoms with Gasteiger partial charge in [-0.3, -0.25) is 4.79 Å². The van der Waals surface area contributed by atoms with Gasteiger partial charge in [-0.25, -0.2) is 9.59 Å². The van der Waals surface area contributed by atoms with Crippen molar-refractivity contribution < 1.29 is 41.8 Å². The van der Waals surface area contributed by atoms with Crippen LogP contribution in [-0.4, -0.2) is 61.1 Å². The molecule has 11 heteroatoms. The minimum atomic E-state index is -4.79. The second kappa shape index (κ2) is 10.1. The lowest BCUT2D eigenvalue weighted by Gasteiger charge is -2.29. The van der Waals surface area contributed by atoms with Crippen molar-refractivity contribution in [3.63, 3.8) is 0 Å². The Bertz CT molecular complexity index is 582. The van der Waals surface area contributed by atoms with E-state index in [1.54, 1.807) is 20.8 Å². The summed E-state index contributed by atoms with van der Waals surface area (Å²) in [5, 5.41) is 4.08. The van der Waals surface area contributed by atoms with Crippen molar-refractivity contribution in [3.8, 4) is 0 Å². The van der Waals surface area contributed by atoms with Crippen molar-refractivity contribution in [2.24, 2.45) is 5.92 Å². The third kappa shape index (κ3) is 10.9. The molecule has 0 spiro atoms. The van der Waals surface area contributed by atoms with Gasteiger partial charge in [0.1, 0.15) is 11.6 Å². The van der Waals surface area contributed by atoms with Crippen LogP contribution in [0.4, 0.5) is 18.0 Å². The van der Waals surface area contributed by atoms with E-state index in [0.717, 1.165) is 14.0 Å². The highest BCUT2D eigenvalue weighted by molar-refractivity contribution is 5.90. The normalized spacial score (nSPS) is 15.7. The largest absolute Gasteiger partial charge is 0.467 e. The van der Waals surface area contributed by atoms with Crippen LogP contribution in [0.25, 0.3) is 0 Å². The number of carbonyl (C=O) groups excluding carboxylic acids is 3. The highest BCUT2D eigenvalue weighted by Gasteiger charge is 2.46. The fourth-order valence-corrected chi connectivity index (χ4v) is 1.95. The van der Waals surface area contributed by atoms with Gasteiger partial charge in [0.05, 0.1) is 25.2 Å². The lowest BCUT2D eigenvalue weighted by molar-refractivity contribution is -0.180. The number of ether oxygens (including phenoxy) is 3. The van der Waals surface area contributed by atoms with E-state index >= 15 is 0 Å². The quantitative estimate of drug-likeness (QED) is 0.604. The third-order valence-corrected chi connectivity index (χ3v) is 3.46. The van der Waals surface area contributed by atoms with E-state index in [0.29, 0.717) is 0 Å². The summed E-state index contributed by atoms with van der Waals surface area (Å²) >= 11 is 0. The van der Waals surface area contributed by atoms with Crippen molar-refractivity contribution in [2.75, 3.05) is 13.7 Å². The van der Waals surface area contributed by atoms with Crippen LogP contribution in [0.2, 0.25) is 0 Å². The van der Waals surface area contributed by atoms with E-state index in [9.17, 15) is 27.6 Å². The first kappa shape index (κ1) is 27.0. The Hall–Kier alpha value is -2.04. The molecule has 0 saturated heterocycles. The molecule has 8 nitrogen and oxygen atoms in total. The summed E-state index contributed by atoms with van der Waals surface area (Å²) in [5.74, 6) is -4.39. The molecule has 0 aromatic rings. The molecule has 0 aliphatic carbocycles. The first-order valence-corrected chi connectivity index (χ1v) is 8.96. The van der Waals surface area contributed by atoms with E-state index in [1.165, 1.54) is 20.8 Å². The number of hydrogen-bond acceptors (Lipinski definition) is 6. The van der Waals surface area contributed by atoms with Gasteiger partial charge in [-0.05, 0) is 41.5 Å². The smallest absolute Gasteiger partial charge is 0.408 e. The van der Waals surface area contributed by atoms with Gasteiger partial charge in [0.2, 0.25) is 5.91 Å². The molecule has 0 aliphatic heterocycles. The van der Waals surface area contributed by atoms with Crippen LogP contribution in [0.15, 0.2) is 0 Å². The summed E-state index contributed by atoms with van der Waals surface area (Å²) in [7, 11) is 1.06. The summed E-state index contributed by atoms with van der Waals surface area (Å²) < 4.78 is 54.6. The van der Waals surface area contributed by atoms with Crippen molar-refractivity contribution in [2.45, 2.75) is 77.9 Å². The molecule has 0 fully saturated rings. The van der Waals surface area contributed by atoms with Crippen LogP contribution in [0.1, 0.15) is 48.5 Å². The highest BCUT2D eigenvalue weighted by atomic mass is 19.4. The van der Waals surface area contributed by atoms with Crippen molar-refractivity contribution >= 4 is 18.0 Å². The lowest BCUT2D eigenvalue weighted by atomic mass is 10.00. The van der Waals surface area contributed by atoms with Gasteiger partial charge >= 0.3 is 18.2 Å². The maximum absolute atomic E-state index is 13.2. The molecule has 0 unspecified atom stereocenters. The number of rotatable bonds is 7. The summed E-state index contributed by atoms with van der Waals surface area (Å²) in [6.07, 6.45) is -5.99. The second-order valence-electron chi connectivity index (χ2n) is 8.46. The molecule has 0 rings (SSSR count). The summed E-state index contributed by atoms with van der Waals surface area (Å²) in [6, 6.07) is -3.40. The molecule has 3 atom stereocenters. The average molecular weight is 428 g/mol. The Balaban J connectivity index is 5.53. The molecule has 29 heavy (non-hydrogen) atoms. The second-order valence-corrected chi connectivity index (χ2v) is 8.46. The Morgan fingerprint density at radius 1 is 0.931 bits per heavy atom. The maximum Gasteiger partial charge on any atom is 0.408 e. The fraction of sp³-hybridized carbons (Fsp3) is 0.833. The van der Waals surface area contributed by atoms with Crippen LogP contribution in [0.5, 0.6) is 0 Å². The van der Waals surface area contributed by atoms with Gasteiger partial charge in [0.25, 0.3) is 0 Å². The number of halogens is 3. The van der Waals surface area contributed by atoms with E-state index in [1.807, 2.05) is 5.32 Å². The maximum atomic E-state index is 13.2. The molecule has 0 saturated carbocycles. The zero-order valence-corrected chi connectivity index (χ0v) is 18.0. The lowest BCUT2D eigenvalue weighted by Crippen LogP contribution is -2.58. The number of methoxy groups -OCH3 is 1. The fourth-order valence-electron chi connectivity index (χ4n) is 1.95. The molecule has 0 heterocycles. The summed E-state index contributed by atoms with van der Waals surface area (Å²) in [5.41, 5.74) is -1.66. The van der Waals surface area contributed by atoms with Crippen molar-refractivity contribution in [3.05, 3.63) is 0 Å². The molecule has 2 N–H and O–H groups in total. The van der Waals surface area contributed by atoms with Gasteiger partial charge in [0.15, 0.2) is 6.04 Å². The Morgan fingerprint density at radius 2 is 1.45 bits per heavy atom. The van der Waals surface area contributed by atoms with Gasteiger partial charge < -0.3 is 24.8 Å². The zero-order valence-electron chi connectivity index (χ0n) is 18.0. The highest BCUT2D eigenvalue weighted by Crippen LogP contribution is 2.29. The molecular weight excluding hydrogens is 397 g/mol. The van der Waals surface area contributed by atoms with E-state index in [2.05, 4.69) is 10.1 Å². The van der Waals surface area contributed by atoms with Crippen LogP contribution >= 0.6 is 0 Å². The third-order valence-electron chi connectivity index (χ3n) is 3.46. The zero-order chi connectivity index (χ0) is 23.2. The van der Waals surface area contributed by atoms with Crippen LogP contribution in [0, 0.1) is 5.92 Å². The summed E-state index contributed by atoms with van der Waals surface area (Å²) in [4.78, 5) is 36.4. The van der Waals surface area contributed by atoms with Gasteiger partial charge in [0, 0.05) is 0 Å². The van der Waals surface area contributed by atoms with E-state index in [4.69, 9.17) is 9.47 Å². The number of carbonyl (C=O) groups is 3. The number of esters is 1. The van der Waals surface area contributed by atoms with Gasteiger partial charge in [-0.15, -0.1) is 0 Å². The Labute approximate surface area is 168 Å². The van der Waals surface area contributed by atoms with Crippen LogP contribution in [-0.2, 0) is 23.8 Å². The number of alkyl halides is 3. The number of alkyl carbamates (subject to hydrolysis) is 1. The molecule has 170 valence electrons. The standard InChI is InChI=1S/C18H31F3N2O6/c1-10(18(19,20)21)12(23-15(26)29-17(5,6)7)13(24)22-11(14(25)27-8)9-28-16(2,3)4/h10-12H,9H2,1-8H3,(H,22,24)(H,23,26)/t10-,11-,12-/m0/s1. The van der Waals surface area contributed by atoms with E-state index < -0.39 is 53.3 Å². The van der Waals surface area contributed by atoms with Crippen molar-refractivity contribution in [1.29, 1.82) is 0 Å². The van der Waals surface area contributed by atoms with Crippen molar-refractivity contribution in [1.82, 2.24) is 10.6 Å². The Kier molecular flexibility index (Phi) is 9.42. The predicted molar refractivity (Wildman–Crippen MR) is 98.0 cm³/mol. The molecule has 0 aromatic carbocycles. The molecule has 0 bridgehead atoms. The first-order valence-electron chi connectivity index (χ1n) is 8.96. The number of nitrogens with one attached hydrogen (secondary N) is 2. The molecule has 0 aliphatic rings. The van der Waals surface area contributed by atoms with Gasteiger partial charge in [-0.1, -0.05) is 6.92 Å². The van der Waals surface area contributed by atoms with Crippen LogP contribution < -0.4 is 10.6 Å². The minimum absolute atomic E-state index is 0.332. The monoisotopic (exact) mass is 428 g/mol. The SMILES string of the molecule is COC(=O)[C@H](COC(C)(C)C)NC(=O)[C@@H](NC(=O)OC(C)(C)C)[C@H](C)C(F)(F)F. The minimum Gasteiger partial charge on any atom is -0.467 e. The molecular formula is C18H31F3N2O6. The molecule has 0 radical (unpaired) electrons. The number of hydrogen-bond donors (Lipinski definition) is 2. The Morgan fingerprint density at radius 3 is 1.83 bits per heavy atom. The first-order chi connectivity index (χ1) is 12.9. The molecule has 0 aromatic heterocycles. The predicted octanol–water partition coefficient (Wildman–Crippen LogP) is 2.55. The van der Waals surface area contributed by atoms with Gasteiger partial charge in [-0.2, -0.15) is 13.2 Å².